The highest BCUT2D eigenvalue weighted by Gasteiger charge is 2.10. The summed E-state index contributed by atoms with van der Waals surface area (Å²) in [6, 6.07) is 5.58. The van der Waals surface area contributed by atoms with Gasteiger partial charge in [0.05, 0.1) is 4.90 Å². The number of rotatable bonds is 3. The molecule has 0 saturated heterocycles. The van der Waals surface area contributed by atoms with Crippen LogP contribution in [0.15, 0.2) is 29.2 Å². The number of halogens is 3. The molecule has 0 radical (unpaired) electrons. The maximum absolute atomic E-state index is 12.4. The summed E-state index contributed by atoms with van der Waals surface area (Å²) >= 11 is 0. The van der Waals surface area contributed by atoms with Crippen LogP contribution in [-0.2, 0) is 16.6 Å². The standard InChI is InChI=1S/C8H10FNO2S.2ClH/c9-13(11,12)8-3-1-7(2-4-8)5-6-10;;/h1-4H,5-6,10H2;2*1H. The van der Waals surface area contributed by atoms with Gasteiger partial charge in [-0.25, -0.2) is 0 Å². The first-order chi connectivity index (χ1) is 6.04. The number of hydrogen-bond acceptors (Lipinski definition) is 3. The van der Waals surface area contributed by atoms with Crippen LogP contribution in [0, 0.1) is 0 Å². The van der Waals surface area contributed by atoms with Gasteiger partial charge in [-0.2, -0.15) is 8.42 Å². The van der Waals surface area contributed by atoms with E-state index in [0.717, 1.165) is 5.56 Å². The van der Waals surface area contributed by atoms with Crippen LogP contribution in [0.4, 0.5) is 3.89 Å². The van der Waals surface area contributed by atoms with Crippen molar-refractivity contribution in [3.8, 4) is 0 Å². The van der Waals surface area contributed by atoms with E-state index in [9.17, 15) is 12.3 Å². The van der Waals surface area contributed by atoms with Crippen LogP contribution in [0.2, 0.25) is 0 Å². The van der Waals surface area contributed by atoms with Crippen LogP contribution in [-0.4, -0.2) is 15.0 Å². The van der Waals surface area contributed by atoms with Crippen LogP contribution in [0.3, 0.4) is 0 Å². The third kappa shape index (κ3) is 5.32. The normalized spacial score (nSPS) is 10.0. The third-order valence-corrected chi connectivity index (χ3v) is 2.47. The summed E-state index contributed by atoms with van der Waals surface area (Å²) < 4.78 is 33.2. The topological polar surface area (TPSA) is 60.2 Å². The third-order valence-electron chi connectivity index (χ3n) is 1.64. The predicted molar refractivity (Wildman–Crippen MR) is 62.0 cm³/mol. The Kier molecular flexibility index (Phi) is 7.96. The van der Waals surface area contributed by atoms with Gasteiger partial charge in [0.1, 0.15) is 0 Å². The molecule has 1 rings (SSSR count). The molecule has 2 N–H and O–H groups in total. The number of benzene rings is 1. The smallest absolute Gasteiger partial charge is 0.330 e. The Balaban J connectivity index is 0. The zero-order valence-electron chi connectivity index (χ0n) is 7.72. The Labute approximate surface area is 101 Å². The summed E-state index contributed by atoms with van der Waals surface area (Å²) in [5.74, 6) is 0. The highest BCUT2D eigenvalue weighted by Crippen LogP contribution is 2.12. The lowest BCUT2D eigenvalue weighted by Gasteiger charge is -1.98. The van der Waals surface area contributed by atoms with E-state index in [1.165, 1.54) is 12.1 Å². The summed E-state index contributed by atoms with van der Waals surface area (Å²) in [7, 11) is -4.57. The van der Waals surface area contributed by atoms with Gasteiger partial charge in [0, 0.05) is 0 Å². The summed E-state index contributed by atoms with van der Waals surface area (Å²) in [5.41, 5.74) is 6.19. The average Bonchev–Trinajstić information content (AvgIpc) is 2.04. The maximum atomic E-state index is 12.4. The fourth-order valence-corrected chi connectivity index (χ4v) is 1.45. The molecule has 0 heterocycles. The molecule has 0 unspecified atom stereocenters. The van der Waals surface area contributed by atoms with Crippen molar-refractivity contribution < 1.29 is 12.3 Å². The molecular weight excluding hydrogens is 264 g/mol. The monoisotopic (exact) mass is 275 g/mol. The Bertz CT molecular complexity index is 380. The summed E-state index contributed by atoms with van der Waals surface area (Å²) in [5, 5.41) is 0. The Morgan fingerprint density at radius 3 is 1.93 bits per heavy atom. The van der Waals surface area contributed by atoms with Crippen LogP contribution < -0.4 is 5.73 Å². The molecule has 0 saturated carbocycles. The zero-order valence-corrected chi connectivity index (χ0v) is 10.2. The molecule has 0 aliphatic heterocycles. The molecule has 15 heavy (non-hydrogen) atoms. The first-order valence-corrected chi connectivity index (χ1v) is 5.16. The highest BCUT2D eigenvalue weighted by molar-refractivity contribution is 7.86. The summed E-state index contributed by atoms with van der Waals surface area (Å²) in [6.45, 7) is 0.488. The molecular formula is C8H12Cl2FNO2S. The molecule has 0 fully saturated rings. The Hall–Kier alpha value is -0.360. The van der Waals surface area contributed by atoms with E-state index in [1.807, 2.05) is 0 Å². The minimum atomic E-state index is -4.57. The lowest BCUT2D eigenvalue weighted by molar-refractivity contribution is 0.552. The molecule has 7 heteroatoms. The molecule has 0 aliphatic rings. The van der Waals surface area contributed by atoms with Crippen molar-refractivity contribution in [2.45, 2.75) is 11.3 Å². The van der Waals surface area contributed by atoms with Crippen LogP contribution >= 0.6 is 24.8 Å². The summed E-state index contributed by atoms with van der Waals surface area (Å²) in [6.07, 6.45) is 0.659. The lowest BCUT2D eigenvalue weighted by Crippen LogP contribution is -2.02. The molecule has 0 amide bonds. The molecule has 0 bridgehead atoms. The minimum absolute atomic E-state index is 0. The molecule has 0 atom stereocenters. The fourth-order valence-electron chi connectivity index (χ4n) is 0.985. The Morgan fingerprint density at radius 2 is 1.60 bits per heavy atom. The van der Waals surface area contributed by atoms with Crippen LogP contribution in [0.1, 0.15) is 5.56 Å². The number of hydrogen-bond donors (Lipinski definition) is 1. The maximum Gasteiger partial charge on any atom is 0.332 e. The van der Waals surface area contributed by atoms with E-state index in [-0.39, 0.29) is 29.7 Å². The second-order valence-corrected chi connectivity index (χ2v) is 3.97. The zero-order chi connectivity index (χ0) is 9.90. The van der Waals surface area contributed by atoms with E-state index >= 15 is 0 Å². The van der Waals surface area contributed by atoms with Crippen molar-refractivity contribution in [1.29, 1.82) is 0 Å². The summed E-state index contributed by atoms with van der Waals surface area (Å²) in [4.78, 5) is -0.312. The highest BCUT2D eigenvalue weighted by atomic mass is 35.5. The van der Waals surface area contributed by atoms with Crippen LogP contribution in [0.5, 0.6) is 0 Å². The van der Waals surface area contributed by atoms with Crippen molar-refractivity contribution in [1.82, 2.24) is 0 Å². The Morgan fingerprint density at radius 1 is 1.13 bits per heavy atom. The van der Waals surface area contributed by atoms with Gasteiger partial charge in [0.25, 0.3) is 0 Å². The second kappa shape index (κ2) is 7.00. The first-order valence-electron chi connectivity index (χ1n) is 3.77. The van der Waals surface area contributed by atoms with Crippen molar-refractivity contribution in [2.24, 2.45) is 5.73 Å². The molecule has 1 aromatic rings. The molecule has 0 aliphatic carbocycles. The van der Waals surface area contributed by atoms with E-state index in [2.05, 4.69) is 0 Å². The van der Waals surface area contributed by atoms with Gasteiger partial charge in [-0.1, -0.05) is 12.1 Å². The van der Waals surface area contributed by atoms with E-state index in [1.54, 1.807) is 12.1 Å². The van der Waals surface area contributed by atoms with Crippen molar-refractivity contribution in [3.05, 3.63) is 29.8 Å². The number of nitrogens with two attached hydrogens (primary N) is 1. The SMILES string of the molecule is Cl.Cl.NCCc1ccc(S(=O)(=O)F)cc1. The molecule has 88 valence electrons. The van der Waals surface area contributed by atoms with E-state index in [4.69, 9.17) is 5.73 Å². The van der Waals surface area contributed by atoms with Gasteiger partial charge < -0.3 is 5.73 Å². The van der Waals surface area contributed by atoms with Gasteiger partial charge in [-0.3, -0.25) is 0 Å². The van der Waals surface area contributed by atoms with Crippen molar-refractivity contribution >= 4 is 35.0 Å². The van der Waals surface area contributed by atoms with Gasteiger partial charge in [0.15, 0.2) is 0 Å². The predicted octanol–water partition coefficient (Wildman–Crippen LogP) is 1.69. The first kappa shape index (κ1) is 17.0. The van der Waals surface area contributed by atoms with Gasteiger partial charge >= 0.3 is 10.2 Å². The minimum Gasteiger partial charge on any atom is -0.330 e. The quantitative estimate of drug-likeness (QED) is 0.855. The van der Waals surface area contributed by atoms with Gasteiger partial charge in [-0.15, -0.1) is 28.7 Å². The largest absolute Gasteiger partial charge is 0.332 e. The van der Waals surface area contributed by atoms with Crippen LogP contribution in [0.25, 0.3) is 0 Å². The average molecular weight is 276 g/mol. The molecule has 0 spiro atoms. The van der Waals surface area contributed by atoms with E-state index in [0.29, 0.717) is 13.0 Å². The van der Waals surface area contributed by atoms with Crippen molar-refractivity contribution in [2.75, 3.05) is 6.54 Å². The van der Waals surface area contributed by atoms with E-state index < -0.39 is 10.2 Å². The van der Waals surface area contributed by atoms with Gasteiger partial charge in [-0.05, 0) is 30.7 Å². The fraction of sp³-hybridized carbons (Fsp3) is 0.250. The molecule has 1 aromatic carbocycles. The second-order valence-electron chi connectivity index (χ2n) is 2.62. The lowest BCUT2D eigenvalue weighted by atomic mass is 10.2. The van der Waals surface area contributed by atoms with Gasteiger partial charge in [0.2, 0.25) is 0 Å². The van der Waals surface area contributed by atoms with Crippen molar-refractivity contribution in [3.63, 3.8) is 0 Å². The molecule has 0 aromatic heterocycles. The molecule has 3 nitrogen and oxygen atoms in total.